The third-order valence-electron chi connectivity index (χ3n) is 4.70. The third kappa shape index (κ3) is 2.89. The van der Waals surface area contributed by atoms with Gasteiger partial charge in [0, 0.05) is 30.4 Å². The molecule has 8 nitrogen and oxygen atoms in total. The number of fused-ring (bicyclic) bond motifs is 3. The molecule has 1 amide bonds. The number of hydrogen-bond acceptors (Lipinski definition) is 5. The van der Waals surface area contributed by atoms with Crippen molar-refractivity contribution in [2.24, 2.45) is 0 Å². The van der Waals surface area contributed by atoms with Crippen LogP contribution in [-0.4, -0.2) is 30.2 Å². The van der Waals surface area contributed by atoms with Gasteiger partial charge in [-0.3, -0.25) is 20.0 Å². The highest BCUT2D eigenvalue weighted by atomic mass is 19.1. The lowest BCUT2D eigenvalue weighted by atomic mass is 10.1. The third-order valence-corrected chi connectivity index (χ3v) is 4.70. The molecule has 0 saturated heterocycles. The molecule has 146 valence electrons. The maximum absolute atomic E-state index is 13.2. The van der Waals surface area contributed by atoms with E-state index in [0.717, 1.165) is 10.2 Å². The summed E-state index contributed by atoms with van der Waals surface area (Å²) in [6.45, 7) is 0. The van der Waals surface area contributed by atoms with Crippen molar-refractivity contribution < 1.29 is 9.18 Å². The quantitative estimate of drug-likeness (QED) is 0.502. The molecule has 1 N–H and O–H groups in total. The number of hydrogen-bond donors (Lipinski definition) is 1. The highest BCUT2D eigenvalue weighted by Crippen LogP contribution is 2.25. The minimum absolute atomic E-state index is 0.283. The van der Waals surface area contributed by atoms with Crippen molar-refractivity contribution in [1.82, 2.24) is 24.3 Å². The predicted octanol–water partition coefficient (Wildman–Crippen LogP) is 2.63. The van der Waals surface area contributed by atoms with Crippen LogP contribution in [0.2, 0.25) is 0 Å². The molecule has 1 aromatic carbocycles. The molecule has 0 spiro atoms. The summed E-state index contributed by atoms with van der Waals surface area (Å²) in [6, 6.07) is 10.9. The summed E-state index contributed by atoms with van der Waals surface area (Å²) in [6.07, 6.45) is 7.48. The molecule has 0 fully saturated rings. The van der Waals surface area contributed by atoms with Crippen LogP contribution < -0.4 is 11.0 Å². The summed E-state index contributed by atoms with van der Waals surface area (Å²) in [5.74, 6) is -0.793. The zero-order valence-corrected chi connectivity index (χ0v) is 15.4. The first-order valence-electron chi connectivity index (χ1n) is 8.97. The number of nitrogens with one attached hydrogen (secondary N) is 1. The van der Waals surface area contributed by atoms with Crippen LogP contribution >= 0.6 is 0 Å². The van der Waals surface area contributed by atoms with Crippen LogP contribution in [0.3, 0.4) is 0 Å². The normalized spacial score (nSPS) is 11.1. The average Bonchev–Trinajstić information content (AvgIpc) is 3.21. The molecule has 4 heterocycles. The first-order valence-corrected chi connectivity index (χ1v) is 8.97. The molecule has 0 aliphatic heterocycles. The van der Waals surface area contributed by atoms with Crippen LogP contribution in [0, 0.1) is 5.82 Å². The van der Waals surface area contributed by atoms with Crippen molar-refractivity contribution >= 4 is 22.5 Å². The first-order chi connectivity index (χ1) is 14.6. The van der Waals surface area contributed by atoms with Gasteiger partial charge in [-0.05, 0) is 35.9 Å². The van der Waals surface area contributed by atoms with E-state index >= 15 is 0 Å². The summed E-state index contributed by atoms with van der Waals surface area (Å²) in [4.78, 5) is 33.5. The van der Waals surface area contributed by atoms with Gasteiger partial charge in [-0.15, -0.1) is 0 Å². The van der Waals surface area contributed by atoms with E-state index in [9.17, 15) is 14.0 Å². The van der Waals surface area contributed by atoms with E-state index in [2.05, 4.69) is 20.5 Å². The van der Waals surface area contributed by atoms with E-state index in [1.807, 2.05) is 0 Å². The number of carbonyl (C=O) groups is 1. The SMILES string of the molecule is O=C(Nn1ccc2c(cnc3c(-c4ccc(F)cc4)cnn32)c1=O)c1cccnc1. The Morgan fingerprint density at radius 3 is 2.63 bits per heavy atom. The van der Waals surface area contributed by atoms with Crippen LogP contribution in [0.5, 0.6) is 0 Å². The van der Waals surface area contributed by atoms with Crippen LogP contribution in [0.4, 0.5) is 4.39 Å². The number of nitrogens with zero attached hydrogens (tertiary/aromatic N) is 5. The summed E-state index contributed by atoms with van der Waals surface area (Å²) < 4.78 is 15.9. The van der Waals surface area contributed by atoms with E-state index < -0.39 is 11.5 Å². The summed E-state index contributed by atoms with van der Waals surface area (Å²) in [5, 5.41) is 4.62. The summed E-state index contributed by atoms with van der Waals surface area (Å²) in [5.41, 5.74) is 4.96. The maximum Gasteiger partial charge on any atom is 0.280 e. The molecule has 5 rings (SSSR count). The van der Waals surface area contributed by atoms with Crippen molar-refractivity contribution in [2.45, 2.75) is 0 Å². The van der Waals surface area contributed by atoms with Crippen LogP contribution in [0.25, 0.3) is 27.7 Å². The smallest absolute Gasteiger partial charge is 0.267 e. The maximum atomic E-state index is 13.2. The van der Waals surface area contributed by atoms with Crippen LogP contribution in [-0.2, 0) is 0 Å². The lowest BCUT2D eigenvalue weighted by Gasteiger charge is -2.09. The molecular formula is C21H13FN6O2. The number of rotatable bonds is 3. The first kappa shape index (κ1) is 17.7. The van der Waals surface area contributed by atoms with Gasteiger partial charge in [-0.25, -0.2) is 18.6 Å². The van der Waals surface area contributed by atoms with Gasteiger partial charge in [0.05, 0.1) is 22.7 Å². The van der Waals surface area contributed by atoms with Crippen molar-refractivity contribution in [1.29, 1.82) is 0 Å². The molecule has 0 atom stereocenters. The van der Waals surface area contributed by atoms with Gasteiger partial charge >= 0.3 is 0 Å². The molecule has 30 heavy (non-hydrogen) atoms. The number of pyridine rings is 2. The van der Waals surface area contributed by atoms with Crippen molar-refractivity contribution in [3.63, 3.8) is 0 Å². The molecule has 9 heteroatoms. The van der Waals surface area contributed by atoms with E-state index in [1.165, 1.54) is 30.7 Å². The van der Waals surface area contributed by atoms with Crippen LogP contribution in [0.15, 0.2) is 78.2 Å². The molecule has 0 aliphatic rings. The molecule has 0 aliphatic carbocycles. The topological polar surface area (TPSA) is 94.2 Å². The fraction of sp³-hybridized carbons (Fsp3) is 0. The van der Waals surface area contributed by atoms with Gasteiger partial charge in [0.25, 0.3) is 11.5 Å². The number of benzene rings is 1. The Bertz CT molecular complexity index is 1460. The van der Waals surface area contributed by atoms with Gasteiger partial charge in [-0.1, -0.05) is 12.1 Å². The zero-order chi connectivity index (χ0) is 20.7. The Labute approximate surface area is 168 Å². The monoisotopic (exact) mass is 400 g/mol. The fourth-order valence-corrected chi connectivity index (χ4v) is 3.21. The van der Waals surface area contributed by atoms with Gasteiger partial charge in [0.1, 0.15) is 5.82 Å². The molecule has 0 bridgehead atoms. The highest BCUT2D eigenvalue weighted by molar-refractivity contribution is 5.99. The van der Waals surface area contributed by atoms with E-state index in [-0.39, 0.29) is 11.2 Å². The summed E-state index contributed by atoms with van der Waals surface area (Å²) in [7, 11) is 0. The lowest BCUT2D eigenvalue weighted by molar-refractivity contribution is 0.101. The van der Waals surface area contributed by atoms with Gasteiger partial charge in [0.2, 0.25) is 0 Å². The number of halogens is 1. The number of aromatic nitrogens is 5. The van der Waals surface area contributed by atoms with E-state index in [4.69, 9.17) is 0 Å². The molecule has 4 aromatic heterocycles. The van der Waals surface area contributed by atoms with Gasteiger partial charge in [-0.2, -0.15) is 5.10 Å². The van der Waals surface area contributed by atoms with Gasteiger partial charge < -0.3 is 0 Å². The lowest BCUT2D eigenvalue weighted by Crippen LogP contribution is -2.33. The number of carbonyl (C=O) groups excluding carboxylic acids is 1. The fourth-order valence-electron chi connectivity index (χ4n) is 3.21. The zero-order valence-electron chi connectivity index (χ0n) is 15.4. The Morgan fingerprint density at radius 1 is 1.03 bits per heavy atom. The Kier molecular flexibility index (Phi) is 4.06. The summed E-state index contributed by atoms with van der Waals surface area (Å²) >= 11 is 0. The van der Waals surface area contributed by atoms with Crippen molar-refractivity contribution in [2.75, 3.05) is 5.43 Å². The van der Waals surface area contributed by atoms with Crippen LogP contribution in [0.1, 0.15) is 10.4 Å². The molecular weight excluding hydrogens is 387 g/mol. The second-order valence-electron chi connectivity index (χ2n) is 6.53. The minimum atomic E-state index is -0.462. The Morgan fingerprint density at radius 2 is 1.87 bits per heavy atom. The molecule has 0 radical (unpaired) electrons. The molecule has 0 saturated carbocycles. The van der Waals surface area contributed by atoms with Crippen molar-refractivity contribution in [3.8, 4) is 11.1 Å². The second kappa shape index (κ2) is 6.89. The highest BCUT2D eigenvalue weighted by Gasteiger charge is 2.14. The van der Waals surface area contributed by atoms with Gasteiger partial charge in [0.15, 0.2) is 5.65 Å². The minimum Gasteiger partial charge on any atom is -0.267 e. The number of amides is 1. The average molecular weight is 400 g/mol. The second-order valence-corrected chi connectivity index (χ2v) is 6.53. The van der Waals surface area contributed by atoms with Crippen molar-refractivity contribution in [3.05, 3.63) is 95.2 Å². The molecule has 0 unspecified atom stereocenters. The van der Waals surface area contributed by atoms with E-state index in [1.54, 1.807) is 47.2 Å². The Hall–Kier alpha value is -4.40. The molecule has 5 aromatic rings. The van der Waals surface area contributed by atoms with E-state index in [0.29, 0.717) is 22.3 Å². The Balaban J connectivity index is 1.58. The standard InChI is InChI=1S/C21H13FN6O2/c22-15-5-3-13(4-6-15)16-12-25-28-18-7-9-27(21(30)17(18)11-24-19(16)28)26-20(29)14-2-1-8-23-10-14/h1-12H,(H,26,29). The predicted molar refractivity (Wildman–Crippen MR) is 108 cm³/mol. The largest absolute Gasteiger partial charge is 0.280 e.